The molecule has 0 saturated carbocycles. The first kappa shape index (κ1) is 6.15. The second-order valence-corrected chi connectivity index (χ2v) is 3.53. The second-order valence-electron chi connectivity index (χ2n) is 0.233. The van der Waals surface area contributed by atoms with E-state index in [0.29, 0.717) is 0 Å². The van der Waals surface area contributed by atoms with Crippen molar-refractivity contribution in [2.75, 3.05) is 0 Å². The van der Waals surface area contributed by atoms with E-state index in [9.17, 15) is 4.48 Å². The van der Waals surface area contributed by atoms with Gasteiger partial charge in [-0.05, 0) is 5.65 Å². The van der Waals surface area contributed by atoms with Gasteiger partial charge in [-0.2, -0.15) is 0 Å². The molecule has 0 bridgehead atoms. The van der Waals surface area contributed by atoms with E-state index in [0.717, 1.165) is 0 Å². The van der Waals surface area contributed by atoms with Gasteiger partial charge < -0.3 is 0 Å². The average Bonchev–Trinajstić information content (AvgIpc) is 1.41. The zero-order chi connectivity index (χ0) is 4.12. The van der Waals surface area contributed by atoms with Crippen LogP contribution in [0.15, 0.2) is 3.25 Å². The largest absolute Gasteiger partial charge is 0.139 e. The van der Waals surface area contributed by atoms with Gasteiger partial charge in [-0.1, -0.05) is 0 Å². The topological polar surface area (TPSA) is 24.4 Å². The lowest BCUT2D eigenvalue weighted by Crippen LogP contribution is -1.75. The van der Waals surface area contributed by atoms with Crippen molar-refractivity contribution in [3.8, 4) is 0 Å². The van der Waals surface area contributed by atoms with Crippen molar-refractivity contribution in [3.63, 3.8) is 0 Å². The van der Waals surface area contributed by atoms with Gasteiger partial charge in [0.2, 0.25) is 0 Å². The Hall–Kier alpha value is 1.15. The van der Waals surface area contributed by atoms with Crippen LogP contribution in [-0.4, -0.2) is 0 Å². The molecule has 0 aromatic rings. The first-order valence-electron chi connectivity index (χ1n) is 0.724. The summed E-state index contributed by atoms with van der Waals surface area (Å²) in [4.78, 5) is 0. The summed E-state index contributed by atoms with van der Waals surface area (Å²) in [6, 6.07) is 0. The summed E-state index contributed by atoms with van der Waals surface area (Å²) in [5.41, 5.74) is 1.18. The molecule has 0 aliphatic rings. The Morgan fingerprint density at radius 1 is 2.00 bits per heavy atom. The highest BCUT2D eigenvalue weighted by Crippen LogP contribution is 2.08. The fourth-order valence-electron chi connectivity index (χ4n) is 0.0121. The minimum absolute atomic E-state index is 0.284. The molecule has 0 aliphatic carbocycles. The molecule has 0 saturated heterocycles. The SMILES string of the molecule is FNN=II. The van der Waals surface area contributed by atoms with E-state index >= 15 is 0 Å². The molecule has 2 nitrogen and oxygen atoms in total. The molecule has 0 aromatic carbocycles. The van der Waals surface area contributed by atoms with Crippen molar-refractivity contribution >= 4 is 35.7 Å². The van der Waals surface area contributed by atoms with Crippen LogP contribution in [0.2, 0.25) is 0 Å². The molecule has 0 rings (SSSR count). The summed E-state index contributed by atoms with van der Waals surface area (Å²) in [5, 5.41) is 0. The van der Waals surface area contributed by atoms with Gasteiger partial charge in [-0.15, -0.1) is 7.74 Å². The van der Waals surface area contributed by atoms with Crippen molar-refractivity contribution in [3.05, 3.63) is 0 Å². The Morgan fingerprint density at radius 2 is 2.60 bits per heavy atom. The first-order chi connectivity index (χ1) is 2.41. The van der Waals surface area contributed by atoms with Crippen molar-refractivity contribution in [2.24, 2.45) is 3.25 Å². The quantitative estimate of drug-likeness (QED) is 0.446. The van der Waals surface area contributed by atoms with Gasteiger partial charge in [-0.25, -0.2) is 0 Å². The average molecular weight is 302 g/mol. The highest BCUT2D eigenvalue weighted by Gasteiger charge is 1.53. The van der Waals surface area contributed by atoms with Crippen LogP contribution in [-0.2, 0) is 0 Å². The fourth-order valence-corrected chi connectivity index (χ4v) is 0.543. The highest BCUT2D eigenvalue weighted by molar-refractivity contribution is 15.0. The summed E-state index contributed by atoms with van der Waals surface area (Å²) < 4.78 is 13.8. The van der Waals surface area contributed by atoms with E-state index in [1.54, 1.807) is 0 Å². The van der Waals surface area contributed by atoms with Crippen LogP contribution >= 0.6 is 35.7 Å². The molecule has 1 N–H and O–H groups in total. The van der Waals surface area contributed by atoms with Gasteiger partial charge in [0.05, 0.1) is 17.1 Å². The molecule has 5 heavy (non-hydrogen) atoms. The molecule has 0 aliphatic heterocycles. The lowest BCUT2D eigenvalue weighted by Gasteiger charge is -1.64. The van der Waals surface area contributed by atoms with E-state index in [1.165, 1.54) is 5.65 Å². The van der Waals surface area contributed by atoms with E-state index in [-0.39, 0.29) is 17.1 Å². The summed E-state index contributed by atoms with van der Waals surface area (Å²) >= 11 is 1.74. The molecule has 0 heterocycles. The van der Waals surface area contributed by atoms with Crippen molar-refractivity contribution < 1.29 is 4.48 Å². The van der Waals surface area contributed by atoms with Crippen LogP contribution in [0.25, 0.3) is 0 Å². The van der Waals surface area contributed by atoms with Gasteiger partial charge >= 0.3 is 0 Å². The van der Waals surface area contributed by atoms with Crippen LogP contribution in [0, 0.1) is 0 Å². The molecule has 0 amide bonds. The summed E-state index contributed by atoms with van der Waals surface area (Å²) in [6.07, 6.45) is 0. The highest BCUT2D eigenvalue weighted by atomic mass is 128. The standard InChI is InChI=1S/FHI2N2/c1-4-5-3-2/h4H. The molecular weight excluding hydrogens is 301 g/mol. The van der Waals surface area contributed by atoms with Crippen LogP contribution in [0.3, 0.4) is 0 Å². The Kier molecular flexibility index (Phi) is 6.33. The number of halogens is 3. The molecule has 0 atom stereocenters. The number of hydrogen-bond acceptors (Lipinski definition) is 2. The zero-order valence-electron chi connectivity index (χ0n) is 2.08. The van der Waals surface area contributed by atoms with Crippen LogP contribution in [0.1, 0.15) is 0 Å². The normalized spacial score (nSPS) is 11.6. The van der Waals surface area contributed by atoms with Gasteiger partial charge in [0, 0.05) is 18.6 Å². The van der Waals surface area contributed by atoms with E-state index in [2.05, 4.69) is 3.25 Å². The van der Waals surface area contributed by atoms with Gasteiger partial charge in [0.25, 0.3) is 0 Å². The van der Waals surface area contributed by atoms with Gasteiger partial charge in [-0.3, -0.25) is 0 Å². The van der Waals surface area contributed by atoms with E-state index < -0.39 is 0 Å². The van der Waals surface area contributed by atoms with Crippen molar-refractivity contribution in [2.45, 2.75) is 0 Å². The second kappa shape index (κ2) is 5.15. The van der Waals surface area contributed by atoms with Crippen molar-refractivity contribution in [1.82, 2.24) is 5.65 Å². The predicted molar refractivity (Wildman–Crippen MR) is 34.7 cm³/mol. The molecule has 0 spiro atoms. The van der Waals surface area contributed by atoms with E-state index in [4.69, 9.17) is 0 Å². The number of rotatable bonds is 1. The number of nitrogens with zero attached hydrogens (tertiary/aromatic N) is 1. The minimum atomic E-state index is -0.284. The number of nitrogens with one attached hydrogen (secondary N) is 1. The molecule has 32 valence electrons. The molecule has 0 fully saturated rings. The maximum Gasteiger partial charge on any atom is 0.0887 e. The Balaban J connectivity index is 2.62. The minimum Gasteiger partial charge on any atom is -0.139 e. The molecular formula is HFI2N2. The maximum absolute atomic E-state index is 10.6. The summed E-state index contributed by atoms with van der Waals surface area (Å²) in [7, 11) is 0. The number of hydrogen-bond donors (Lipinski definition) is 1. The van der Waals surface area contributed by atoms with Crippen LogP contribution < -0.4 is 5.65 Å². The van der Waals surface area contributed by atoms with Crippen LogP contribution in [0.4, 0.5) is 4.48 Å². The van der Waals surface area contributed by atoms with E-state index in [1.807, 2.05) is 18.6 Å². The zero-order valence-corrected chi connectivity index (χ0v) is 6.40. The monoisotopic (exact) mass is 302 g/mol. The molecule has 0 radical (unpaired) electrons. The summed E-state index contributed by atoms with van der Waals surface area (Å²) in [6.45, 7) is 0. The molecule has 5 heteroatoms. The van der Waals surface area contributed by atoms with Gasteiger partial charge in [0.1, 0.15) is 0 Å². The van der Waals surface area contributed by atoms with Gasteiger partial charge in [0.15, 0.2) is 0 Å². The predicted octanol–water partition coefficient (Wildman–Crippen LogP) is 1.88. The Labute approximate surface area is 48.8 Å². The fraction of sp³-hybridized carbons (Fsp3) is 0. The summed E-state index contributed by atoms with van der Waals surface area (Å²) in [5.74, 6) is 0. The maximum atomic E-state index is 10.6. The first-order valence-corrected chi connectivity index (χ1v) is 7.98. The Bertz CT molecular complexity index is 34.6. The smallest absolute Gasteiger partial charge is 0.0887 e. The lowest BCUT2D eigenvalue weighted by molar-refractivity contribution is 0.355. The third-order valence-electron chi connectivity index (χ3n) is 0.0639. The third kappa shape index (κ3) is 5.15. The molecule has 0 unspecified atom stereocenters. The van der Waals surface area contributed by atoms with Crippen LogP contribution in [0.5, 0.6) is 0 Å². The third-order valence-corrected chi connectivity index (χ3v) is 1.65. The lowest BCUT2D eigenvalue weighted by atomic mass is 12.9. The van der Waals surface area contributed by atoms with Crippen molar-refractivity contribution in [1.29, 1.82) is 0 Å². The Morgan fingerprint density at radius 3 is 2.60 bits per heavy atom. The molecule has 0 aromatic heterocycles.